The molecule has 6 aromatic carbocycles. The Morgan fingerprint density at radius 2 is 0.843 bits per heavy atom. The standard InChI is InChI=1S/C23H21NO6.C13H14BrNO3.C13H15NO4.C10H8O3.C7H7NO4.C6H9I.Br3P/c1-3-4-5-6-11-28-21-13-18(24(26)27)8-7-17(21)15-29-19-9-10-20-16(2)12-23(25)30-22(20)14-19;1-2-3-4-5-8-18-13-9-12(15(16)17)7-6-11(13)10-14;1-2-3-4-5-8-18-13-9-12(14(16)17)7-6-11(13)10-15;1-6-4-10(12)13-9-5-7(11)2-3-8(6)9;9-4-5-1-2-6(8(11)12)3-7(5)10;1-2-3-4-5-6-7;1-4(2)3/h1,7-10,12-14H,4-6,11,15H2,2H3;1,6-7,9H,3-5,8,10H2;1,6-7,9,15H,3-5,8,10H2;2-5,11H,1H3;1-3,9-10H,4H2;1H,3-6H2;. The number of ether oxygens (including phenoxy) is 4. The lowest BCUT2D eigenvalue weighted by Crippen LogP contribution is -2.04. The first-order valence-corrected chi connectivity index (χ1v) is 40.8. The van der Waals surface area contributed by atoms with Gasteiger partial charge in [0, 0.05) is 113 Å². The lowest BCUT2D eigenvalue weighted by Gasteiger charge is -2.13. The van der Waals surface area contributed by atoms with Crippen molar-refractivity contribution in [1.82, 2.24) is 0 Å². The summed E-state index contributed by atoms with van der Waals surface area (Å²) < 4.78 is 33.8. The van der Waals surface area contributed by atoms with Gasteiger partial charge < -0.3 is 48.2 Å². The zero-order chi connectivity index (χ0) is 75.9. The first-order valence-electron chi connectivity index (χ1n) is 30.7. The van der Waals surface area contributed by atoms with Crippen molar-refractivity contribution in [3.63, 3.8) is 0 Å². The highest BCUT2D eigenvalue weighted by atomic mass is 127. The molecule has 0 atom stereocenters. The van der Waals surface area contributed by atoms with Crippen molar-refractivity contribution in [3.05, 3.63) is 216 Å². The first kappa shape index (κ1) is 89.5. The molecule has 8 aromatic rings. The van der Waals surface area contributed by atoms with E-state index in [-0.39, 0.29) is 63.7 Å². The van der Waals surface area contributed by atoms with Gasteiger partial charge in [0.15, 0.2) is 0 Å². The third-order valence-electron chi connectivity index (χ3n) is 13.4. The molecule has 0 amide bonds. The molecule has 0 aliphatic heterocycles. The van der Waals surface area contributed by atoms with E-state index < -0.39 is 30.9 Å². The maximum absolute atomic E-state index is 11.6. The van der Waals surface area contributed by atoms with Crippen molar-refractivity contribution in [2.45, 2.75) is 116 Å². The van der Waals surface area contributed by atoms with Crippen LogP contribution in [-0.4, -0.2) is 64.4 Å². The summed E-state index contributed by atoms with van der Waals surface area (Å²) in [5.41, 5.74) is 3.85. The lowest BCUT2D eigenvalue weighted by molar-refractivity contribution is -0.385. The number of aryl methyl sites for hydroxylation is 2. The number of halogens is 5. The fraction of sp³-hybridized carbons (Fsp3) is 0.306. The highest BCUT2D eigenvalue weighted by Crippen LogP contribution is 2.59. The molecule has 0 radical (unpaired) electrons. The molecule has 102 heavy (non-hydrogen) atoms. The van der Waals surface area contributed by atoms with Crippen LogP contribution in [0.4, 0.5) is 22.7 Å². The zero-order valence-corrected chi connectivity index (χ0v) is 64.8. The predicted molar refractivity (Wildman–Crippen MR) is 419 cm³/mol. The van der Waals surface area contributed by atoms with Gasteiger partial charge in [0.05, 0.1) is 77.0 Å². The van der Waals surface area contributed by atoms with E-state index in [9.17, 15) is 50.0 Å². The van der Waals surface area contributed by atoms with E-state index in [1.54, 1.807) is 36.4 Å². The van der Waals surface area contributed by atoms with Crippen molar-refractivity contribution in [2.75, 3.05) is 24.2 Å². The number of nitro benzene ring substituents is 4. The number of phenols is 2. The van der Waals surface area contributed by atoms with Gasteiger partial charge in [0.25, 0.3) is 22.7 Å². The summed E-state index contributed by atoms with van der Waals surface area (Å²) in [7, 11) is 0. The summed E-state index contributed by atoms with van der Waals surface area (Å²) in [6.07, 6.45) is 30.9. The van der Waals surface area contributed by atoms with Crippen LogP contribution < -0.4 is 30.2 Å². The molecule has 30 heteroatoms. The molecule has 4 N–H and O–H groups in total. The minimum absolute atomic E-state index is 0.0401. The second-order valence-electron chi connectivity index (χ2n) is 20.9. The van der Waals surface area contributed by atoms with Crippen molar-refractivity contribution in [3.8, 4) is 83.9 Å². The van der Waals surface area contributed by atoms with E-state index in [1.165, 1.54) is 90.1 Å². The first-order chi connectivity index (χ1) is 48.8. The Bertz CT molecular complexity index is 4220. The molecule has 2 aromatic heterocycles. The highest BCUT2D eigenvalue weighted by Gasteiger charge is 2.16. The van der Waals surface area contributed by atoms with Crippen LogP contribution in [0.15, 0.2) is 140 Å². The molecule has 0 unspecified atom stereocenters. The number of unbranched alkanes of at least 4 members (excludes halogenated alkanes) is 8. The monoisotopic (exact) mass is 1790 g/mol. The normalized spacial score (nSPS) is 9.94. The van der Waals surface area contributed by atoms with Crippen molar-refractivity contribution < 1.29 is 67.9 Å². The van der Waals surface area contributed by atoms with Crippen LogP contribution in [0.3, 0.4) is 0 Å². The zero-order valence-electron chi connectivity index (χ0n) is 55.4. The maximum Gasteiger partial charge on any atom is 0.336 e. The van der Waals surface area contributed by atoms with Crippen molar-refractivity contribution in [1.29, 1.82) is 0 Å². The van der Waals surface area contributed by atoms with Gasteiger partial charge in [-0.25, -0.2) is 9.59 Å². The number of aromatic hydroxyl groups is 2. The van der Waals surface area contributed by atoms with Crippen LogP contribution >= 0.6 is 89.0 Å². The average molecular weight is 1790 g/mol. The number of aliphatic hydroxyl groups is 2. The summed E-state index contributed by atoms with van der Waals surface area (Å²) in [4.78, 5) is 63.2. The number of nitro groups is 4. The van der Waals surface area contributed by atoms with Crippen LogP contribution in [0.25, 0.3) is 21.9 Å². The molecule has 0 bridgehead atoms. The van der Waals surface area contributed by atoms with E-state index in [4.69, 9.17) is 73.9 Å². The summed E-state index contributed by atoms with van der Waals surface area (Å²) in [5, 5.41) is 80.8. The number of hydrogen-bond acceptors (Lipinski definition) is 20. The van der Waals surface area contributed by atoms with Gasteiger partial charge in [-0.05, 0) is 176 Å². The topological polar surface area (TPSA) is 351 Å². The quantitative estimate of drug-likeness (QED) is 0.00517. The maximum atomic E-state index is 11.6. The Hall–Kier alpha value is -8.62. The second-order valence-corrected chi connectivity index (χ2v) is 37.8. The number of phenolic OH excluding ortho intramolecular Hbond substituents is 1. The molecule has 0 aliphatic rings. The van der Waals surface area contributed by atoms with Gasteiger partial charge in [-0.1, -0.05) is 38.5 Å². The minimum Gasteiger partial charge on any atom is -0.508 e. The largest absolute Gasteiger partial charge is 0.508 e. The van der Waals surface area contributed by atoms with Crippen LogP contribution in [-0.2, 0) is 25.2 Å². The van der Waals surface area contributed by atoms with Gasteiger partial charge in [0.1, 0.15) is 56.3 Å². The highest BCUT2D eigenvalue weighted by molar-refractivity contribution is 14.1. The Morgan fingerprint density at radius 1 is 0.480 bits per heavy atom. The second kappa shape index (κ2) is 51.5. The Labute approximate surface area is 636 Å². The van der Waals surface area contributed by atoms with Crippen LogP contribution in [0.5, 0.6) is 34.5 Å². The summed E-state index contributed by atoms with van der Waals surface area (Å²) in [6.45, 7) is 4.61. The van der Waals surface area contributed by atoms with Crippen molar-refractivity contribution >= 4 is 134 Å². The number of fused-ring (bicyclic) bond motifs is 2. The third kappa shape index (κ3) is 35.3. The van der Waals surface area contributed by atoms with Crippen LogP contribution in [0.2, 0.25) is 0 Å². The van der Waals surface area contributed by atoms with Gasteiger partial charge in [-0.3, -0.25) is 40.5 Å². The average Bonchev–Trinajstić information content (AvgIpc) is 0.819. The molecule has 24 nitrogen and oxygen atoms in total. The summed E-state index contributed by atoms with van der Waals surface area (Å²) >= 11 is 15.2. The number of rotatable bonds is 28. The number of benzene rings is 6. The minimum atomic E-state index is -0.610. The molecule has 0 aliphatic carbocycles. The van der Waals surface area contributed by atoms with E-state index in [0.29, 0.717) is 83.3 Å². The van der Waals surface area contributed by atoms with Crippen molar-refractivity contribution in [2.24, 2.45) is 0 Å². The Morgan fingerprint density at radius 3 is 1.24 bits per heavy atom. The smallest absolute Gasteiger partial charge is 0.336 e. The van der Waals surface area contributed by atoms with Gasteiger partial charge in [-0.2, -0.15) is 0 Å². The molecular formula is C72H74Br4IN4O20P. The van der Waals surface area contributed by atoms with Crippen LogP contribution in [0.1, 0.15) is 110 Å². The Balaban J connectivity index is 0.000000432. The number of aliphatic hydroxyl groups excluding tert-OH is 2. The molecule has 0 spiro atoms. The van der Waals surface area contributed by atoms with Crippen LogP contribution in [0, 0.1) is 104 Å². The van der Waals surface area contributed by atoms with Gasteiger partial charge in [0.2, 0.25) is 0 Å². The number of non-ortho nitro benzene ring substituents is 4. The molecule has 8 rings (SSSR count). The van der Waals surface area contributed by atoms with E-state index in [2.05, 4.69) is 109 Å². The summed E-state index contributed by atoms with van der Waals surface area (Å²) in [6, 6.07) is 29.6. The van der Waals surface area contributed by atoms with E-state index in [0.717, 1.165) is 84.9 Å². The number of hydrogen-bond donors (Lipinski definition) is 4. The lowest BCUT2D eigenvalue weighted by atomic mass is 10.1. The predicted octanol–water partition coefficient (Wildman–Crippen LogP) is 18.9. The summed E-state index contributed by atoms with van der Waals surface area (Å²) in [5.74, 6) is 11.9. The van der Waals surface area contributed by atoms with Gasteiger partial charge in [-0.15, -0.1) is 49.4 Å². The fourth-order valence-corrected chi connectivity index (χ4v) is 9.26. The molecule has 542 valence electrons. The molecule has 0 fully saturated rings. The van der Waals surface area contributed by atoms with E-state index in [1.807, 2.05) is 19.9 Å². The molecule has 0 saturated heterocycles. The fourth-order valence-electron chi connectivity index (χ4n) is 8.26. The number of alkyl halides is 2. The molecule has 2 heterocycles. The third-order valence-corrected chi connectivity index (χ3v) is 14.8. The molecular weight excluding hydrogens is 1720 g/mol. The molecule has 0 saturated carbocycles. The van der Waals surface area contributed by atoms with Gasteiger partial charge >= 0.3 is 11.3 Å². The Kier molecular flexibility index (Phi) is 45.2. The van der Waals surface area contributed by atoms with E-state index >= 15 is 0 Å². The number of nitrogens with zero attached hydrogens (tertiary/aromatic N) is 4. The SMILES string of the molecule is BrP(Br)Br.C#CCCCCI.C#CCCCCOc1cc([N+](=O)[O-])ccc1CBr.C#CCCCCOc1cc([N+](=O)[O-])ccc1CO.C#CCCCCOc1cc([N+](=O)[O-])ccc1COc1ccc2c(C)cc(=O)oc2c1.Cc1cc(=O)oc2cc(O)ccc12.O=[N+]([O-])c1ccc(CO)c(O)c1. The number of terminal acetylenes is 4.